The molecule has 1 aliphatic rings. The minimum atomic E-state index is -0.141. The Morgan fingerprint density at radius 1 is 1.22 bits per heavy atom. The van der Waals surface area contributed by atoms with E-state index in [0.29, 0.717) is 5.52 Å². The third kappa shape index (κ3) is 2.60. The molecule has 0 aliphatic carbocycles. The molecule has 1 fully saturated rings. The average Bonchev–Trinajstić information content (AvgIpc) is 3.31. The lowest BCUT2D eigenvalue weighted by Crippen LogP contribution is -2.29. The van der Waals surface area contributed by atoms with Gasteiger partial charge in [0.1, 0.15) is 5.52 Å². The second kappa shape index (κ2) is 5.95. The maximum atomic E-state index is 12.8. The van der Waals surface area contributed by atoms with E-state index in [9.17, 15) is 4.79 Å². The molecule has 0 bridgehead atoms. The van der Waals surface area contributed by atoms with Crippen LogP contribution in [0.2, 0.25) is 0 Å². The van der Waals surface area contributed by atoms with Gasteiger partial charge in [-0.25, -0.2) is 19.2 Å². The van der Waals surface area contributed by atoms with E-state index in [2.05, 4.69) is 25.5 Å². The fourth-order valence-electron chi connectivity index (χ4n) is 3.68. The predicted molar refractivity (Wildman–Crippen MR) is 102 cm³/mol. The molecule has 8 nitrogen and oxygen atoms in total. The number of imidazole rings is 1. The van der Waals surface area contributed by atoms with Crippen molar-refractivity contribution >= 4 is 16.6 Å². The summed E-state index contributed by atoms with van der Waals surface area (Å²) in [5.74, 6) is 0. The summed E-state index contributed by atoms with van der Waals surface area (Å²) in [5.41, 5.74) is 4.74. The van der Waals surface area contributed by atoms with Gasteiger partial charge in [-0.15, -0.1) is 0 Å². The number of hydrogen-bond acceptors (Lipinski definition) is 6. The van der Waals surface area contributed by atoms with Crippen molar-refractivity contribution < 1.29 is 0 Å². The SMILES string of the molecule is Cc1cn2nc(-c3cnc4c(=O)n(C5CCNC5)ncc4c3)cc(C)c2n1. The van der Waals surface area contributed by atoms with Crippen LogP contribution < -0.4 is 10.9 Å². The summed E-state index contributed by atoms with van der Waals surface area (Å²) in [6.07, 6.45) is 6.23. The zero-order valence-corrected chi connectivity index (χ0v) is 15.2. The van der Waals surface area contributed by atoms with Gasteiger partial charge in [0.25, 0.3) is 5.56 Å². The number of hydrogen-bond donors (Lipinski definition) is 1. The zero-order valence-electron chi connectivity index (χ0n) is 15.2. The smallest absolute Gasteiger partial charge is 0.293 e. The summed E-state index contributed by atoms with van der Waals surface area (Å²) >= 11 is 0. The Balaban J connectivity index is 1.62. The molecule has 1 atom stereocenters. The third-order valence-corrected chi connectivity index (χ3v) is 5.05. The molecule has 1 N–H and O–H groups in total. The van der Waals surface area contributed by atoms with E-state index in [1.807, 2.05) is 32.2 Å². The quantitative estimate of drug-likeness (QED) is 0.584. The van der Waals surface area contributed by atoms with Gasteiger partial charge in [0.2, 0.25) is 0 Å². The highest BCUT2D eigenvalue weighted by Crippen LogP contribution is 2.22. The summed E-state index contributed by atoms with van der Waals surface area (Å²) in [6, 6.07) is 4.01. The van der Waals surface area contributed by atoms with Gasteiger partial charge in [-0.1, -0.05) is 0 Å². The number of fused-ring (bicyclic) bond motifs is 2. The van der Waals surface area contributed by atoms with Crippen molar-refractivity contribution in [2.75, 3.05) is 13.1 Å². The molecule has 5 heterocycles. The highest BCUT2D eigenvalue weighted by atomic mass is 16.1. The van der Waals surface area contributed by atoms with E-state index < -0.39 is 0 Å². The molecule has 4 aromatic rings. The van der Waals surface area contributed by atoms with E-state index >= 15 is 0 Å². The second-order valence-corrected chi connectivity index (χ2v) is 7.07. The molecule has 1 unspecified atom stereocenters. The first kappa shape index (κ1) is 16.1. The monoisotopic (exact) mass is 361 g/mol. The van der Waals surface area contributed by atoms with E-state index in [1.165, 1.54) is 0 Å². The van der Waals surface area contributed by atoms with Gasteiger partial charge < -0.3 is 5.32 Å². The predicted octanol–water partition coefficient (Wildman–Crippen LogP) is 1.65. The molecule has 8 heteroatoms. The molecular weight excluding hydrogens is 342 g/mol. The zero-order chi connectivity index (χ0) is 18.5. The maximum absolute atomic E-state index is 12.8. The molecule has 0 aromatic carbocycles. The minimum absolute atomic E-state index is 0.0968. The summed E-state index contributed by atoms with van der Waals surface area (Å²) in [4.78, 5) is 21.7. The van der Waals surface area contributed by atoms with Crippen LogP contribution in [0.5, 0.6) is 0 Å². The van der Waals surface area contributed by atoms with Crippen LogP contribution in [0, 0.1) is 13.8 Å². The molecule has 1 aliphatic heterocycles. The molecule has 0 spiro atoms. The number of aromatic nitrogens is 6. The molecule has 5 rings (SSSR count). The van der Waals surface area contributed by atoms with Crippen molar-refractivity contribution in [3.63, 3.8) is 0 Å². The lowest BCUT2D eigenvalue weighted by atomic mass is 10.1. The van der Waals surface area contributed by atoms with Crippen LogP contribution in [0.1, 0.15) is 23.7 Å². The second-order valence-electron chi connectivity index (χ2n) is 7.07. The normalized spacial score (nSPS) is 17.2. The van der Waals surface area contributed by atoms with Gasteiger partial charge in [-0.3, -0.25) is 4.79 Å². The topological polar surface area (TPSA) is 90.0 Å². The van der Waals surface area contributed by atoms with Crippen LogP contribution in [0.4, 0.5) is 0 Å². The number of nitrogens with one attached hydrogen (secondary N) is 1. The van der Waals surface area contributed by atoms with Crippen LogP contribution in [0.3, 0.4) is 0 Å². The van der Waals surface area contributed by atoms with Crippen molar-refractivity contribution in [3.8, 4) is 11.3 Å². The molecule has 4 aromatic heterocycles. The molecule has 0 radical (unpaired) electrons. The fraction of sp³-hybridized carbons (Fsp3) is 0.316. The standard InChI is InChI=1S/C19H19N7O/c1-11-5-16(24-25-10-12(2)23-18(11)25)13-6-14-8-22-26(15-3-4-20-9-15)19(27)17(14)21-7-13/h5-8,10,15,20H,3-4,9H2,1-2H3. The van der Waals surface area contributed by atoms with Gasteiger partial charge in [0, 0.05) is 23.7 Å². The highest BCUT2D eigenvalue weighted by Gasteiger charge is 2.20. The maximum Gasteiger partial charge on any atom is 0.293 e. The Labute approximate surface area is 154 Å². The molecule has 136 valence electrons. The Kier molecular flexibility index (Phi) is 3.54. The number of rotatable bonds is 2. The highest BCUT2D eigenvalue weighted by molar-refractivity contribution is 5.81. The van der Waals surface area contributed by atoms with Crippen molar-refractivity contribution in [2.24, 2.45) is 0 Å². The van der Waals surface area contributed by atoms with Crippen LogP contribution in [0.25, 0.3) is 27.8 Å². The van der Waals surface area contributed by atoms with Gasteiger partial charge in [0.15, 0.2) is 5.65 Å². The number of aryl methyl sites for hydroxylation is 2. The Hall–Kier alpha value is -3.13. The molecule has 0 amide bonds. The first-order valence-corrected chi connectivity index (χ1v) is 9.02. The van der Waals surface area contributed by atoms with Crippen LogP contribution in [0.15, 0.2) is 35.5 Å². The molecule has 0 saturated carbocycles. The molecule has 27 heavy (non-hydrogen) atoms. The first-order valence-electron chi connectivity index (χ1n) is 9.02. The molecular formula is C19H19N7O. The largest absolute Gasteiger partial charge is 0.315 e. The first-order chi connectivity index (χ1) is 13.1. The van der Waals surface area contributed by atoms with Gasteiger partial charge in [-0.2, -0.15) is 10.2 Å². The van der Waals surface area contributed by atoms with E-state index in [4.69, 9.17) is 0 Å². The minimum Gasteiger partial charge on any atom is -0.315 e. The van der Waals surface area contributed by atoms with E-state index in [-0.39, 0.29) is 11.6 Å². The van der Waals surface area contributed by atoms with Gasteiger partial charge >= 0.3 is 0 Å². The Morgan fingerprint density at radius 2 is 2.11 bits per heavy atom. The van der Waals surface area contributed by atoms with Crippen molar-refractivity contribution in [2.45, 2.75) is 26.3 Å². The summed E-state index contributed by atoms with van der Waals surface area (Å²) in [7, 11) is 0. The van der Waals surface area contributed by atoms with Crippen molar-refractivity contribution in [1.29, 1.82) is 0 Å². The van der Waals surface area contributed by atoms with Gasteiger partial charge in [0.05, 0.1) is 29.8 Å². The Bertz CT molecular complexity index is 1230. The van der Waals surface area contributed by atoms with E-state index in [1.54, 1.807) is 21.6 Å². The van der Waals surface area contributed by atoms with Crippen molar-refractivity contribution in [1.82, 2.24) is 34.7 Å². The van der Waals surface area contributed by atoms with Crippen LogP contribution in [-0.2, 0) is 0 Å². The van der Waals surface area contributed by atoms with Crippen LogP contribution in [-0.4, -0.2) is 42.5 Å². The fourth-order valence-corrected chi connectivity index (χ4v) is 3.68. The van der Waals surface area contributed by atoms with Gasteiger partial charge in [-0.05, 0) is 44.5 Å². The summed E-state index contributed by atoms with van der Waals surface area (Å²) < 4.78 is 3.34. The average molecular weight is 361 g/mol. The van der Waals surface area contributed by atoms with Crippen molar-refractivity contribution in [3.05, 3.63) is 52.3 Å². The van der Waals surface area contributed by atoms with Crippen LogP contribution >= 0.6 is 0 Å². The summed E-state index contributed by atoms with van der Waals surface area (Å²) in [5, 5.41) is 13.0. The lowest BCUT2D eigenvalue weighted by molar-refractivity contribution is 0.469. The Morgan fingerprint density at radius 3 is 2.93 bits per heavy atom. The number of pyridine rings is 1. The number of nitrogens with zero attached hydrogens (tertiary/aromatic N) is 6. The lowest BCUT2D eigenvalue weighted by Gasteiger charge is -2.12. The third-order valence-electron chi connectivity index (χ3n) is 5.05. The summed E-state index contributed by atoms with van der Waals surface area (Å²) in [6.45, 7) is 5.63. The molecule has 1 saturated heterocycles. The van der Waals surface area contributed by atoms with E-state index in [0.717, 1.165) is 53.1 Å².